The van der Waals surface area contributed by atoms with Gasteiger partial charge in [-0.1, -0.05) is 5.21 Å². The molecule has 54 valence electrons. The second-order valence-corrected chi connectivity index (χ2v) is 2.77. The molecule has 0 unspecified atom stereocenters. The summed E-state index contributed by atoms with van der Waals surface area (Å²) in [5.41, 5.74) is 5.61. The fourth-order valence-corrected chi connectivity index (χ4v) is 1.26. The molecule has 0 bridgehead atoms. The molecule has 1 aliphatic rings. The van der Waals surface area contributed by atoms with Crippen LogP contribution in [-0.4, -0.2) is 21.0 Å². The van der Waals surface area contributed by atoms with Crippen molar-refractivity contribution >= 4 is 0 Å². The van der Waals surface area contributed by atoms with Crippen LogP contribution in [0.3, 0.4) is 0 Å². The van der Waals surface area contributed by atoms with E-state index < -0.39 is 0 Å². The summed E-state index contributed by atoms with van der Waals surface area (Å²) in [5, 5.41) is 7.61. The first-order chi connectivity index (χ1) is 4.86. The lowest BCUT2D eigenvalue weighted by molar-refractivity contribution is 0.243. The molecule has 0 aliphatic heterocycles. The third kappa shape index (κ3) is 0.806. The summed E-state index contributed by atoms with van der Waals surface area (Å²) in [5.74, 6) is 0. The molecule has 1 saturated carbocycles. The maximum atomic E-state index is 5.61. The third-order valence-electron chi connectivity index (χ3n) is 1.96. The van der Waals surface area contributed by atoms with Crippen molar-refractivity contribution in [3.8, 4) is 0 Å². The van der Waals surface area contributed by atoms with Crippen LogP contribution in [0.15, 0.2) is 12.4 Å². The van der Waals surface area contributed by atoms with E-state index in [1.165, 1.54) is 0 Å². The second-order valence-electron chi connectivity index (χ2n) is 2.77. The van der Waals surface area contributed by atoms with E-state index in [2.05, 4.69) is 10.3 Å². The van der Waals surface area contributed by atoms with E-state index >= 15 is 0 Å². The van der Waals surface area contributed by atoms with Crippen LogP contribution < -0.4 is 5.73 Å². The zero-order valence-corrected chi connectivity index (χ0v) is 5.64. The Balaban J connectivity index is 2.04. The summed E-state index contributed by atoms with van der Waals surface area (Å²) in [6.45, 7) is 0. The fourth-order valence-electron chi connectivity index (χ4n) is 1.26. The maximum Gasteiger partial charge on any atom is 0.0693 e. The Kier molecular flexibility index (Phi) is 1.20. The van der Waals surface area contributed by atoms with E-state index in [4.69, 9.17) is 5.73 Å². The van der Waals surface area contributed by atoms with Crippen LogP contribution in [0.1, 0.15) is 18.9 Å². The number of aromatic nitrogens is 3. The molecule has 1 heterocycles. The van der Waals surface area contributed by atoms with Gasteiger partial charge in [-0.15, -0.1) is 5.10 Å². The first-order valence-corrected chi connectivity index (χ1v) is 3.47. The lowest BCUT2D eigenvalue weighted by atomic mass is 9.88. The maximum absolute atomic E-state index is 5.61. The van der Waals surface area contributed by atoms with Gasteiger partial charge >= 0.3 is 0 Å². The molecule has 1 fully saturated rings. The quantitative estimate of drug-likeness (QED) is 0.591. The van der Waals surface area contributed by atoms with Crippen molar-refractivity contribution in [3.05, 3.63) is 12.4 Å². The SMILES string of the molecule is NC1CC(n2ccnn2)C1. The van der Waals surface area contributed by atoms with Crippen molar-refractivity contribution in [2.45, 2.75) is 24.9 Å². The van der Waals surface area contributed by atoms with E-state index in [1.807, 2.05) is 10.9 Å². The normalized spacial score (nSPS) is 31.7. The molecule has 0 aromatic carbocycles. The van der Waals surface area contributed by atoms with Gasteiger partial charge in [0, 0.05) is 12.2 Å². The third-order valence-corrected chi connectivity index (χ3v) is 1.96. The van der Waals surface area contributed by atoms with E-state index in [-0.39, 0.29) is 0 Å². The molecule has 4 heteroatoms. The first-order valence-electron chi connectivity index (χ1n) is 3.47. The van der Waals surface area contributed by atoms with E-state index in [0.29, 0.717) is 12.1 Å². The van der Waals surface area contributed by atoms with Crippen molar-refractivity contribution in [1.29, 1.82) is 0 Å². The van der Waals surface area contributed by atoms with Crippen LogP contribution in [0.25, 0.3) is 0 Å². The van der Waals surface area contributed by atoms with Gasteiger partial charge in [0.1, 0.15) is 0 Å². The van der Waals surface area contributed by atoms with E-state index in [9.17, 15) is 0 Å². The average Bonchev–Trinajstić information content (AvgIpc) is 2.31. The zero-order chi connectivity index (χ0) is 6.97. The average molecular weight is 138 g/mol. The standard InChI is InChI=1S/C6H10N4/c7-5-3-6(4-5)10-2-1-8-9-10/h1-2,5-6H,3-4,7H2. The molecule has 0 amide bonds. The number of nitrogens with zero attached hydrogens (tertiary/aromatic N) is 3. The molecule has 0 spiro atoms. The van der Waals surface area contributed by atoms with Gasteiger partial charge in [0.05, 0.1) is 12.2 Å². The van der Waals surface area contributed by atoms with Crippen LogP contribution in [0.5, 0.6) is 0 Å². The highest BCUT2D eigenvalue weighted by Gasteiger charge is 2.27. The minimum absolute atomic E-state index is 0.384. The number of nitrogens with two attached hydrogens (primary N) is 1. The van der Waals surface area contributed by atoms with Gasteiger partial charge in [0.25, 0.3) is 0 Å². The smallest absolute Gasteiger partial charge is 0.0693 e. The Hall–Kier alpha value is -0.900. The van der Waals surface area contributed by atoms with Gasteiger partial charge in [-0.25, -0.2) is 4.68 Å². The minimum Gasteiger partial charge on any atom is -0.328 e. The largest absolute Gasteiger partial charge is 0.328 e. The molecular formula is C6H10N4. The van der Waals surface area contributed by atoms with E-state index in [0.717, 1.165) is 12.8 Å². The predicted octanol–water partition coefficient (Wildman–Crippen LogP) is -0.0597. The molecule has 4 nitrogen and oxygen atoms in total. The summed E-state index contributed by atoms with van der Waals surface area (Å²) < 4.78 is 1.88. The van der Waals surface area contributed by atoms with Crippen LogP contribution >= 0.6 is 0 Å². The Morgan fingerprint density at radius 1 is 1.50 bits per heavy atom. The highest BCUT2D eigenvalue weighted by Crippen LogP contribution is 2.29. The molecule has 10 heavy (non-hydrogen) atoms. The van der Waals surface area contributed by atoms with Crippen LogP contribution in [0.2, 0.25) is 0 Å². The molecule has 2 rings (SSSR count). The summed E-state index contributed by atoms with van der Waals surface area (Å²) in [7, 11) is 0. The topological polar surface area (TPSA) is 56.7 Å². The molecular weight excluding hydrogens is 128 g/mol. The molecule has 0 atom stereocenters. The zero-order valence-electron chi connectivity index (χ0n) is 5.64. The molecule has 1 aromatic heterocycles. The molecule has 2 N–H and O–H groups in total. The van der Waals surface area contributed by atoms with Gasteiger partial charge < -0.3 is 5.73 Å². The highest BCUT2D eigenvalue weighted by molar-refractivity contribution is 4.87. The Bertz CT molecular complexity index is 200. The van der Waals surface area contributed by atoms with Crippen molar-refractivity contribution < 1.29 is 0 Å². The second kappa shape index (κ2) is 2.05. The Labute approximate surface area is 59.0 Å². The van der Waals surface area contributed by atoms with Crippen molar-refractivity contribution in [3.63, 3.8) is 0 Å². The van der Waals surface area contributed by atoms with Crippen molar-refractivity contribution in [2.75, 3.05) is 0 Å². The first kappa shape index (κ1) is 5.85. The highest BCUT2D eigenvalue weighted by atomic mass is 15.4. The summed E-state index contributed by atoms with van der Waals surface area (Å²) in [6.07, 6.45) is 5.67. The Morgan fingerprint density at radius 3 is 2.80 bits per heavy atom. The predicted molar refractivity (Wildman–Crippen MR) is 36.3 cm³/mol. The van der Waals surface area contributed by atoms with Gasteiger partial charge in [-0.3, -0.25) is 0 Å². The lowest BCUT2D eigenvalue weighted by Gasteiger charge is -2.31. The van der Waals surface area contributed by atoms with Gasteiger partial charge in [0.2, 0.25) is 0 Å². The fraction of sp³-hybridized carbons (Fsp3) is 0.667. The van der Waals surface area contributed by atoms with Crippen LogP contribution in [0.4, 0.5) is 0 Å². The number of hydrogen-bond donors (Lipinski definition) is 1. The molecule has 1 aromatic rings. The monoisotopic (exact) mass is 138 g/mol. The van der Waals surface area contributed by atoms with Crippen LogP contribution in [-0.2, 0) is 0 Å². The van der Waals surface area contributed by atoms with Gasteiger partial charge in [0.15, 0.2) is 0 Å². The molecule has 0 saturated heterocycles. The van der Waals surface area contributed by atoms with Gasteiger partial charge in [-0.05, 0) is 12.8 Å². The Morgan fingerprint density at radius 2 is 2.30 bits per heavy atom. The van der Waals surface area contributed by atoms with Gasteiger partial charge in [-0.2, -0.15) is 0 Å². The summed E-state index contributed by atoms with van der Waals surface area (Å²) in [4.78, 5) is 0. The van der Waals surface area contributed by atoms with Crippen LogP contribution in [0, 0.1) is 0 Å². The lowest BCUT2D eigenvalue weighted by Crippen LogP contribution is -2.37. The summed E-state index contributed by atoms with van der Waals surface area (Å²) >= 11 is 0. The molecule has 0 radical (unpaired) electrons. The van der Waals surface area contributed by atoms with Crippen molar-refractivity contribution in [2.24, 2.45) is 5.73 Å². The molecule has 1 aliphatic carbocycles. The summed E-state index contributed by atoms with van der Waals surface area (Å²) in [6, 6.07) is 0.895. The number of rotatable bonds is 1. The number of hydrogen-bond acceptors (Lipinski definition) is 3. The van der Waals surface area contributed by atoms with E-state index in [1.54, 1.807) is 6.20 Å². The van der Waals surface area contributed by atoms with Crippen molar-refractivity contribution in [1.82, 2.24) is 15.0 Å². The minimum atomic E-state index is 0.384.